The molecule has 2 amide bonds. The van der Waals surface area contributed by atoms with Crippen LogP contribution in [-0.4, -0.2) is 79.4 Å². The topological polar surface area (TPSA) is 71.1 Å². The summed E-state index contributed by atoms with van der Waals surface area (Å²) in [7, 11) is 2.08. The molecule has 236 valence electrons. The lowest BCUT2D eigenvalue weighted by atomic mass is 9.44. The lowest BCUT2D eigenvalue weighted by Crippen LogP contribution is -2.56. The van der Waals surface area contributed by atoms with E-state index in [0.717, 1.165) is 69.8 Å². The summed E-state index contributed by atoms with van der Waals surface area (Å²) in [5.41, 5.74) is 0.737. The average Bonchev–Trinajstić information content (AvgIpc) is 3.40. The normalized spacial score (nSPS) is 50.5. The maximum absolute atomic E-state index is 12.9. The minimum absolute atomic E-state index is 0.00128. The Labute approximate surface area is 254 Å². The van der Waals surface area contributed by atoms with Crippen LogP contribution in [0.2, 0.25) is 0 Å². The van der Waals surface area contributed by atoms with Gasteiger partial charge < -0.3 is 24.6 Å². The number of nitrogens with zero attached hydrogens (tertiary/aromatic N) is 2. The first-order valence-corrected chi connectivity index (χ1v) is 17.6. The maximum Gasteiger partial charge on any atom is 0.232 e. The molecule has 4 saturated carbocycles. The standard InChI is InChI=1S/C35H57N3O4/c1-22-8-13-35(41-21-22)23(2)32-29(42-35)19-28-26-7-6-24-18-25(9-11-33(24,3)27(26)10-12-34(28,32)4)36-30(39)20-31(40)38-16-14-37(5)15-17-38/h22-29,32H,6-21H2,1-5H3,(H,36,39)/t22-,23-,24+,25-,26+,27-,28-,29?,32-,33-,34-,35+/m0/s1. The number of hydrogen-bond donors (Lipinski definition) is 1. The Bertz CT molecular complexity index is 1050. The molecule has 3 heterocycles. The van der Waals surface area contributed by atoms with Gasteiger partial charge in [0.05, 0.1) is 12.7 Å². The summed E-state index contributed by atoms with van der Waals surface area (Å²) >= 11 is 0. The SMILES string of the molecule is C[C@H]1CC[C@@]2(OC1)OC1C[C@H]3[C@@H]4CC[C@@H]5C[C@@H](NC(=O)CC(=O)N6CCN(C)CC6)CC[C@]5(C)[C@H]4CC[C@]3(C)[C@H]1[C@@H]2C. The van der Waals surface area contributed by atoms with Crippen molar-refractivity contribution in [1.29, 1.82) is 0 Å². The van der Waals surface area contributed by atoms with Crippen LogP contribution in [0.1, 0.15) is 98.3 Å². The third-order valence-electron chi connectivity index (χ3n) is 14.5. The Morgan fingerprint density at radius 2 is 1.64 bits per heavy atom. The van der Waals surface area contributed by atoms with Crippen molar-refractivity contribution in [2.45, 2.75) is 116 Å². The largest absolute Gasteiger partial charge is 0.353 e. The van der Waals surface area contributed by atoms with Gasteiger partial charge in [-0.05, 0) is 111 Å². The highest BCUT2D eigenvalue weighted by molar-refractivity contribution is 5.97. The van der Waals surface area contributed by atoms with Gasteiger partial charge in [0.1, 0.15) is 6.42 Å². The summed E-state index contributed by atoms with van der Waals surface area (Å²) in [5, 5.41) is 3.30. The van der Waals surface area contributed by atoms with Gasteiger partial charge in [-0.25, -0.2) is 0 Å². The van der Waals surface area contributed by atoms with Gasteiger partial charge in [-0.2, -0.15) is 0 Å². The van der Waals surface area contributed by atoms with Crippen LogP contribution < -0.4 is 5.32 Å². The molecule has 3 saturated heterocycles. The highest BCUT2D eigenvalue weighted by Gasteiger charge is 2.69. The molecule has 1 unspecified atom stereocenters. The van der Waals surface area contributed by atoms with Gasteiger partial charge in [-0.3, -0.25) is 9.59 Å². The number of carbonyl (C=O) groups is 2. The summed E-state index contributed by atoms with van der Waals surface area (Å²) < 4.78 is 13.5. The van der Waals surface area contributed by atoms with E-state index in [0.29, 0.717) is 40.6 Å². The fourth-order valence-electron chi connectivity index (χ4n) is 12.0. The monoisotopic (exact) mass is 583 g/mol. The summed E-state index contributed by atoms with van der Waals surface area (Å²) in [6.07, 6.45) is 12.5. The van der Waals surface area contributed by atoms with Crippen molar-refractivity contribution in [3.63, 3.8) is 0 Å². The van der Waals surface area contributed by atoms with E-state index in [1.807, 2.05) is 4.90 Å². The number of ether oxygens (including phenoxy) is 2. The molecule has 0 aromatic rings. The van der Waals surface area contributed by atoms with Crippen LogP contribution >= 0.6 is 0 Å². The Balaban J connectivity index is 0.971. The highest BCUT2D eigenvalue weighted by atomic mass is 16.7. The third-order valence-corrected chi connectivity index (χ3v) is 14.5. The fraction of sp³-hybridized carbons (Fsp3) is 0.943. The molecule has 7 heteroatoms. The average molecular weight is 584 g/mol. The summed E-state index contributed by atoms with van der Waals surface area (Å²) in [5.74, 6) is 4.39. The summed E-state index contributed by atoms with van der Waals surface area (Å²) in [6, 6.07) is 0.218. The van der Waals surface area contributed by atoms with Crippen molar-refractivity contribution in [3.05, 3.63) is 0 Å². The molecule has 12 atom stereocenters. The van der Waals surface area contributed by atoms with Crippen LogP contribution in [0.15, 0.2) is 0 Å². The lowest BCUT2D eigenvalue weighted by molar-refractivity contribution is -0.273. The van der Waals surface area contributed by atoms with E-state index in [-0.39, 0.29) is 30.1 Å². The molecule has 7 fully saturated rings. The number of fused-ring (bicyclic) bond motifs is 7. The number of likely N-dealkylation sites (N-methyl/N-ethyl adjacent to an activating group) is 1. The van der Waals surface area contributed by atoms with E-state index in [1.54, 1.807) is 0 Å². The molecular weight excluding hydrogens is 526 g/mol. The molecule has 1 spiro atoms. The lowest BCUT2D eigenvalue weighted by Gasteiger charge is -2.61. The maximum atomic E-state index is 12.9. The zero-order chi connectivity index (χ0) is 29.4. The predicted molar refractivity (Wildman–Crippen MR) is 162 cm³/mol. The number of carbonyl (C=O) groups excluding carboxylic acids is 2. The smallest absolute Gasteiger partial charge is 0.232 e. The summed E-state index contributed by atoms with van der Waals surface area (Å²) in [6.45, 7) is 14.1. The van der Waals surface area contributed by atoms with Crippen molar-refractivity contribution in [2.75, 3.05) is 39.8 Å². The highest BCUT2D eigenvalue weighted by Crippen LogP contribution is 2.71. The van der Waals surface area contributed by atoms with Gasteiger partial charge in [0.15, 0.2) is 5.79 Å². The Hall–Kier alpha value is -1.18. The number of nitrogens with one attached hydrogen (secondary N) is 1. The molecule has 1 N–H and O–H groups in total. The first-order chi connectivity index (χ1) is 20.0. The zero-order valence-electron chi connectivity index (χ0n) is 27.0. The first kappa shape index (κ1) is 29.5. The Kier molecular flexibility index (Phi) is 7.54. The molecule has 0 aromatic heterocycles. The number of piperazine rings is 1. The van der Waals surface area contributed by atoms with Gasteiger partial charge in [0.2, 0.25) is 11.8 Å². The molecule has 3 aliphatic heterocycles. The quantitative estimate of drug-likeness (QED) is 0.469. The minimum Gasteiger partial charge on any atom is -0.353 e. The molecule has 0 radical (unpaired) electrons. The number of amides is 2. The molecule has 7 nitrogen and oxygen atoms in total. The zero-order valence-corrected chi connectivity index (χ0v) is 27.0. The van der Waals surface area contributed by atoms with E-state index in [9.17, 15) is 9.59 Å². The number of rotatable bonds is 3. The van der Waals surface area contributed by atoms with Crippen LogP contribution in [0, 0.1) is 52.3 Å². The van der Waals surface area contributed by atoms with E-state index in [2.05, 4.69) is 45.0 Å². The molecular formula is C35H57N3O4. The molecule has 0 aromatic carbocycles. The molecule has 0 bridgehead atoms. The van der Waals surface area contributed by atoms with Crippen LogP contribution in [0.25, 0.3) is 0 Å². The Morgan fingerprint density at radius 3 is 2.38 bits per heavy atom. The first-order valence-electron chi connectivity index (χ1n) is 17.6. The third kappa shape index (κ3) is 4.69. The van der Waals surface area contributed by atoms with Gasteiger partial charge in [-0.1, -0.05) is 27.7 Å². The van der Waals surface area contributed by atoms with Crippen LogP contribution in [-0.2, 0) is 19.1 Å². The van der Waals surface area contributed by atoms with Gasteiger partial charge >= 0.3 is 0 Å². The molecule has 7 aliphatic rings. The second kappa shape index (κ2) is 10.7. The van der Waals surface area contributed by atoms with Crippen molar-refractivity contribution in [3.8, 4) is 0 Å². The Morgan fingerprint density at radius 1 is 0.881 bits per heavy atom. The van der Waals surface area contributed by atoms with E-state index in [1.165, 1.54) is 44.9 Å². The van der Waals surface area contributed by atoms with Crippen molar-refractivity contribution >= 4 is 11.8 Å². The second-order valence-corrected chi connectivity index (χ2v) is 16.6. The van der Waals surface area contributed by atoms with E-state index in [4.69, 9.17) is 9.47 Å². The van der Waals surface area contributed by atoms with Gasteiger partial charge in [0.25, 0.3) is 0 Å². The fourth-order valence-corrected chi connectivity index (χ4v) is 12.0. The molecule has 42 heavy (non-hydrogen) atoms. The van der Waals surface area contributed by atoms with Crippen LogP contribution in [0.4, 0.5) is 0 Å². The minimum atomic E-state index is -0.325. The molecule has 7 rings (SSSR count). The van der Waals surface area contributed by atoms with Crippen molar-refractivity contribution in [1.82, 2.24) is 15.1 Å². The van der Waals surface area contributed by atoms with Crippen molar-refractivity contribution in [2.24, 2.45) is 52.3 Å². The van der Waals surface area contributed by atoms with Crippen LogP contribution in [0.3, 0.4) is 0 Å². The van der Waals surface area contributed by atoms with Gasteiger partial charge in [0, 0.05) is 44.6 Å². The molecule has 4 aliphatic carbocycles. The van der Waals surface area contributed by atoms with Gasteiger partial charge in [-0.15, -0.1) is 0 Å². The number of hydrogen-bond acceptors (Lipinski definition) is 5. The van der Waals surface area contributed by atoms with Crippen molar-refractivity contribution < 1.29 is 19.1 Å². The van der Waals surface area contributed by atoms with Crippen LogP contribution in [0.5, 0.6) is 0 Å². The van der Waals surface area contributed by atoms with E-state index >= 15 is 0 Å². The second-order valence-electron chi connectivity index (χ2n) is 16.6. The summed E-state index contributed by atoms with van der Waals surface area (Å²) in [4.78, 5) is 29.7. The van der Waals surface area contributed by atoms with E-state index < -0.39 is 0 Å². The predicted octanol–water partition coefficient (Wildman–Crippen LogP) is 5.08.